The van der Waals surface area contributed by atoms with Gasteiger partial charge in [-0.15, -0.1) is 0 Å². The van der Waals surface area contributed by atoms with E-state index in [1.807, 2.05) is 11.9 Å². The Morgan fingerprint density at radius 3 is 3.11 bits per heavy atom. The first kappa shape index (κ1) is 11.9. The molecule has 0 bridgehead atoms. The van der Waals surface area contributed by atoms with Crippen LogP contribution in [0.1, 0.15) is 6.42 Å². The molecule has 1 aliphatic rings. The van der Waals surface area contributed by atoms with E-state index in [2.05, 4.69) is 10.3 Å². The molecule has 1 fully saturated rings. The number of anilines is 1. The van der Waals surface area contributed by atoms with Crippen LogP contribution >= 0.6 is 0 Å². The first-order valence-electron chi connectivity index (χ1n) is 6.14. The Morgan fingerprint density at radius 1 is 1.58 bits per heavy atom. The number of aromatic nitrogens is 1. The lowest BCUT2D eigenvalue weighted by Crippen LogP contribution is -2.29. The molecule has 1 unspecified atom stereocenters. The summed E-state index contributed by atoms with van der Waals surface area (Å²) in [4.78, 5) is 16.7. The Bertz CT molecular complexity index is 624. The fraction of sp³-hybridized carbons (Fsp3) is 0.417. The normalized spacial score (nSPS) is 19.2. The molecule has 7 heteroatoms. The number of nitrogens with zero attached hydrogens (tertiary/aromatic N) is 3. The summed E-state index contributed by atoms with van der Waals surface area (Å²) in [5.74, 6) is 0. The second-order valence-electron chi connectivity index (χ2n) is 4.63. The van der Waals surface area contributed by atoms with Crippen LogP contribution in [0, 0.1) is 10.1 Å². The summed E-state index contributed by atoms with van der Waals surface area (Å²) < 4.78 is 5.64. The molecule has 0 spiro atoms. The van der Waals surface area contributed by atoms with E-state index in [9.17, 15) is 10.1 Å². The topological polar surface area (TPSA) is 84.4 Å². The number of hydrogen-bond acceptors (Lipinski definition) is 6. The van der Waals surface area contributed by atoms with Crippen molar-refractivity contribution in [1.82, 2.24) is 10.3 Å². The third-order valence-corrected chi connectivity index (χ3v) is 3.44. The van der Waals surface area contributed by atoms with E-state index in [0.717, 1.165) is 19.5 Å². The number of rotatable bonds is 3. The first-order valence-corrected chi connectivity index (χ1v) is 6.14. The average molecular weight is 262 g/mol. The van der Waals surface area contributed by atoms with Crippen molar-refractivity contribution in [3.63, 3.8) is 0 Å². The van der Waals surface area contributed by atoms with Crippen LogP contribution in [0.2, 0.25) is 0 Å². The molecule has 0 saturated carbocycles. The fourth-order valence-electron chi connectivity index (χ4n) is 2.32. The predicted molar refractivity (Wildman–Crippen MR) is 70.3 cm³/mol. The number of benzene rings is 1. The van der Waals surface area contributed by atoms with Gasteiger partial charge in [-0.25, -0.2) is 0 Å². The molecule has 1 aromatic carbocycles. The van der Waals surface area contributed by atoms with Gasteiger partial charge in [0.05, 0.1) is 4.92 Å². The number of likely N-dealkylation sites (N-methyl/N-ethyl adjacent to an activating group) is 1. The summed E-state index contributed by atoms with van der Waals surface area (Å²) in [5.41, 5.74) is 1.13. The Balaban J connectivity index is 1.91. The van der Waals surface area contributed by atoms with Gasteiger partial charge in [-0.1, -0.05) is 0 Å². The lowest BCUT2D eigenvalue weighted by atomic mass is 10.3. The van der Waals surface area contributed by atoms with Crippen LogP contribution < -0.4 is 10.2 Å². The minimum atomic E-state index is -0.430. The van der Waals surface area contributed by atoms with Gasteiger partial charge in [0.15, 0.2) is 5.58 Å². The van der Waals surface area contributed by atoms with Crippen molar-refractivity contribution in [2.75, 3.05) is 25.0 Å². The number of oxazole rings is 1. The van der Waals surface area contributed by atoms with Gasteiger partial charge < -0.3 is 14.6 Å². The van der Waals surface area contributed by atoms with E-state index < -0.39 is 4.92 Å². The van der Waals surface area contributed by atoms with Crippen molar-refractivity contribution in [3.05, 3.63) is 28.3 Å². The van der Waals surface area contributed by atoms with E-state index in [4.69, 9.17) is 4.42 Å². The second-order valence-corrected chi connectivity index (χ2v) is 4.63. The van der Waals surface area contributed by atoms with Crippen LogP contribution in [-0.2, 0) is 0 Å². The summed E-state index contributed by atoms with van der Waals surface area (Å²) in [7, 11) is 1.93. The van der Waals surface area contributed by atoms with Crippen molar-refractivity contribution in [2.45, 2.75) is 12.5 Å². The van der Waals surface area contributed by atoms with Crippen molar-refractivity contribution in [3.8, 4) is 0 Å². The van der Waals surface area contributed by atoms with E-state index >= 15 is 0 Å². The Hall–Kier alpha value is -2.15. The molecule has 19 heavy (non-hydrogen) atoms. The van der Waals surface area contributed by atoms with Gasteiger partial charge in [-0.05, 0) is 19.5 Å². The molecular formula is C12H14N4O3. The SMILES string of the molecule is CNC1CCN(c2nc3cc([N+](=O)[O-])ccc3o2)C1. The smallest absolute Gasteiger partial charge is 0.298 e. The third-order valence-electron chi connectivity index (χ3n) is 3.44. The Kier molecular flexibility index (Phi) is 2.83. The first-order chi connectivity index (χ1) is 9.17. The zero-order chi connectivity index (χ0) is 13.4. The number of non-ortho nitro benzene ring substituents is 1. The largest absolute Gasteiger partial charge is 0.423 e. The molecule has 0 aliphatic carbocycles. The number of nitro groups is 1. The van der Waals surface area contributed by atoms with Gasteiger partial charge in [0, 0.05) is 31.3 Å². The molecule has 100 valence electrons. The van der Waals surface area contributed by atoms with Gasteiger partial charge in [0.2, 0.25) is 0 Å². The number of nitro benzene ring substituents is 1. The number of fused-ring (bicyclic) bond motifs is 1. The fourth-order valence-corrected chi connectivity index (χ4v) is 2.32. The summed E-state index contributed by atoms with van der Waals surface area (Å²) in [5, 5.41) is 13.9. The molecule has 0 radical (unpaired) electrons. The minimum absolute atomic E-state index is 0.0295. The molecule has 1 N–H and O–H groups in total. The van der Waals surface area contributed by atoms with E-state index in [1.165, 1.54) is 12.1 Å². The van der Waals surface area contributed by atoms with E-state index in [-0.39, 0.29) is 5.69 Å². The highest BCUT2D eigenvalue weighted by molar-refractivity contribution is 5.77. The van der Waals surface area contributed by atoms with Gasteiger partial charge in [0.25, 0.3) is 11.7 Å². The molecule has 2 aromatic rings. The van der Waals surface area contributed by atoms with Crippen LogP contribution in [-0.4, -0.2) is 36.1 Å². The number of hydrogen-bond donors (Lipinski definition) is 1. The van der Waals surface area contributed by atoms with Crippen LogP contribution in [0.5, 0.6) is 0 Å². The van der Waals surface area contributed by atoms with Crippen molar-refractivity contribution in [2.24, 2.45) is 0 Å². The highest BCUT2D eigenvalue weighted by atomic mass is 16.6. The van der Waals surface area contributed by atoms with Gasteiger partial charge in [0.1, 0.15) is 5.52 Å². The van der Waals surface area contributed by atoms with Crippen molar-refractivity contribution < 1.29 is 9.34 Å². The zero-order valence-corrected chi connectivity index (χ0v) is 10.5. The van der Waals surface area contributed by atoms with Gasteiger partial charge in [-0.3, -0.25) is 10.1 Å². The molecular weight excluding hydrogens is 248 g/mol. The maximum atomic E-state index is 10.7. The molecule has 1 saturated heterocycles. The number of nitrogens with one attached hydrogen (secondary N) is 1. The standard InChI is InChI=1S/C12H14N4O3/c1-13-8-4-5-15(7-8)12-14-10-6-9(16(17)18)2-3-11(10)19-12/h2-3,6,8,13H,4-5,7H2,1H3. The van der Waals surface area contributed by atoms with Crippen LogP contribution in [0.3, 0.4) is 0 Å². The van der Waals surface area contributed by atoms with Crippen LogP contribution in [0.15, 0.2) is 22.6 Å². The van der Waals surface area contributed by atoms with Crippen molar-refractivity contribution >= 4 is 22.8 Å². The summed E-state index contributed by atoms with van der Waals surface area (Å²) in [6.07, 6.45) is 1.04. The Morgan fingerprint density at radius 2 is 2.42 bits per heavy atom. The zero-order valence-electron chi connectivity index (χ0n) is 10.5. The summed E-state index contributed by atoms with van der Waals surface area (Å²) >= 11 is 0. The predicted octanol–water partition coefficient (Wildman–Crippen LogP) is 1.53. The molecule has 7 nitrogen and oxygen atoms in total. The minimum Gasteiger partial charge on any atom is -0.423 e. The molecule has 2 heterocycles. The maximum Gasteiger partial charge on any atom is 0.298 e. The van der Waals surface area contributed by atoms with Crippen LogP contribution in [0.25, 0.3) is 11.1 Å². The Labute approximate surface area is 109 Å². The highest BCUT2D eigenvalue weighted by Gasteiger charge is 2.25. The second kappa shape index (κ2) is 4.51. The summed E-state index contributed by atoms with van der Waals surface area (Å²) in [6.45, 7) is 1.71. The van der Waals surface area contributed by atoms with Crippen LogP contribution in [0.4, 0.5) is 11.7 Å². The average Bonchev–Trinajstić information content (AvgIpc) is 3.03. The van der Waals surface area contributed by atoms with Gasteiger partial charge in [-0.2, -0.15) is 4.98 Å². The molecule has 0 amide bonds. The van der Waals surface area contributed by atoms with Crippen molar-refractivity contribution in [1.29, 1.82) is 0 Å². The van der Waals surface area contributed by atoms with E-state index in [1.54, 1.807) is 6.07 Å². The third kappa shape index (κ3) is 2.12. The monoisotopic (exact) mass is 262 g/mol. The van der Waals surface area contributed by atoms with E-state index in [0.29, 0.717) is 23.2 Å². The molecule has 3 rings (SSSR count). The van der Waals surface area contributed by atoms with Gasteiger partial charge >= 0.3 is 0 Å². The summed E-state index contributed by atoms with van der Waals surface area (Å²) in [6, 6.07) is 5.43. The lowest BCUT2D eigenvalue weighted by molar-refractivity contribution is -0.384. The maximum absolute atomic E-state index is 10.7. The molecule has 1 aromatic heterocycles. The molecule has 1 atom stereocenters. The lowest BCUT2D eigenvalue weighted by Gasteiger charge is -2.12. The quantitative estimate of drug-likeness (QED) is 0.667. The molecule has 1 aliphatic heterocycles. The highest BCUT2D eigenvalue weighted by Crippen LogP contribution is 2.27.